The van der Waals surface area contributed by atoms with Crippen LogP contribution in [-0.2, 0) is 25.5 Å². The number of carbonyl (C=O) groups is 2. The third kappa shape index (κ3) is 3.97. The molecule has 0 fully saturated rings. The van der Waals surface area contributed by atoms with Gasteiger partial charge in [0.15, 0.2) is 18.1 Å². The standard InChI is InChI=1S/C12H14O6/c1-16-11(14)6-8-3-4-9(13)10(5-8)18-7-12(15)17-2/h3-5,13H,6-7H2,1-2H3. The van der Waals surface area contributed by atoms with Crippen molar-refractivity contribution in [2.75, 3.05) is 20.8 Å². The number of aromatic hydroxyl groups is 1. The first-order valence-electron chi connectivity index (χ1n) is 5.15. The van der Waals surface area contributed by atoms with Crippen molar-refractivity contribution >= 4 is 11.9 Å². The number of phenols is 1. The summed E-state index contributed by atoms with van der Waals surface area (Å²) in [6.07, 6.45) is 0.0609. The summed E-state index contributed by atoms with van der Waals surface area (Å²) in [7, 11) is 2.52. The molecule has 0 unspecified atom stereocenters. The molecule has 1 rings (SSSR count). The quantitative estimate of drug-likeness (QED) is 0.777. The minimum absolute atomic E-state index is 0.0609. The maximum atomic E-state index is 11.1. The highest BCUT2D eigenvalue weighted by atomic mass is 16.6. The number of hydrogen-bond donors (Lipinski definition) is 1. The van der Waals surface area contributed by atoms with Gasteiger partial charge in [-0.25, -0.2) is 4.79 Å². The van der Waals surface area contributed by atoms with Crippen molar-refractivity contribution in [1.29, 1.82) is 0 Å². The molecule has 0 heterocycles. The van der Waals surface area contributed by atoms with E-state index in [0.717, 1.165) is 0 Å². The fourth-order valence-electron chi connectivity index (χ4n) is 1.22. The van der Waals surface area contributed by atoms with Gasteiger partial charge in [-0.3, -0.25) is 4.79 Å². The smallest absolute Gasteiger partial charge is 0.343 e. The zero-order valence-corrected chi connectivity index (χ0v) is 10.1. The number of esters is 2. The lowest BCUT2D eigenvalue weighted by atomic mass is 10.1. The molecular formula is C12H14O6. The molecule has 0 atom stereocenters. The van der Waals surface area contributed by atoms with Gasteiger partial charge in [0.1, 0.15) is 0 Å². The predicted octanol–water partition coefficient (Wildman–Crippen LogP) is 0.659. The highest BCUT2D eigenvalue weighted by molar-refractivity contribution is 5.73. The molecule has 0 aliphatic heterocycles. The van der Waals surface area contributed by atoms with Crippen LogP contribution < -0.4 is 4.74 Å². The molecule has 0 aliphatic carbocycles. The number of rotatable bonds is 5. The molecule has 1 aromatic rings. The van der Waals surface area contributed by atoms with Gasteiger partial charge in [0.2, 0.25) is 0 Å². The monoisotopic (exact) mass is 254 g/mol. The van der Waals surface area contributed by atoms with E-state index in [0.29, 0.717) is 5.56 Å². The Morgan fingerprint density at radius 2 is 1.83 bits per heavy atom. The van der Waals surface area contributed by atoms with Gasteiger partial charge in [-0.1, -0.05) is 6.07 Å². The molecule has 0 bridgehead atoms. The molecule has 0 aromatic heterocycles. The second kappa shape index (κ2) is 6.48. The molecule has 98 valence electrons. The largest absolute Gasteiger partial charge is 0.504 e. The molecule has 0 amide bonds. The van der Waals surface area contributed by atoms with Gasteiger partial charge in [0.05, 0.1) is 20.6 Å². The molecule has 0 saturated carbocycles. The van der Waals surface area contributed by atoms with Gasteiger partial charge in [-0.15, -0.1) is 0 Å². The highest BCUT2D eigenvalue weighted by Gasteiger charge is 2.09. The minimum Gasteiger partial charge on any atom is -0.504 e. The van der Waals surface area contributed by atoms with Gasteiger partial charge in [0, 0.05) is 0 Å². The number of methoxy groups -OCH3 is 2. The Hall–Kier alpha value is -2.24. The molecule has 0 spiro atoms. The van der Waals surface area contributed by atoms with Crippen LogP contribution in [0.15, 0.2) is 18.2 Å². The fourth-order valence-corrected chi connectivity index (χ4v) is 1.22. The van der Waals surface area contributed by atoms with Gasteiger partial charge < -0.3 is 19.3 Å². The average Bonchev–Trinajstić information content (AvgIpc) is 2.38. The van der Waals surface area contributed by atoms with E-state index in [1.807, 2.05) is 0 Å². The topological polar surface area (TPSA) is 82.1 Å². The van der Waals surface area contributed by atoms with E-state index >= 15 is 0 Å². The summed E-state index contributed by atoms with van der Waals surface area (Å²) < 4.78 is 14.0. The summed E-state index contributed by atoms with van der Waals surface area (Å²) >= 11 is 0. The number of ether oxygens (including phenoxy) is 3. The summed E-state index contributed by atoms with van der Waals surface area (Å²) in [4.78, 5) is 22.0. The maximum Gasteiger partial charge on any atom is 0.343 e. The van der Waals surface area contributed by atoms with E-state index < -0.39 is 11.9 Å². The molecule has 6 heteroatoms. The molecule has 18 heavy (non-hydrogen) atoms. The van der Waals surface area contributed by atoms with E-state index in [4.69, 9.17) is 4.74 Å². The van der Waals surface area contributed by atoms with Crippen LogP contribution in [0.1, 0.15) is 5.56 Å². The zero-order valence-electron chi connectivity index (χ0n) is 10.1. The maximum absolute atomic E-state index is 11.1. The summed E-state index contributed by atoms with van der Waals surface area (Å²) in [6.45, 7) is -0.314. The summed E-state index contributed by atoms with van der Waals surface area (Å²) in [5, 5.41) is 9.52. The summed E-state index contributed by atoms with van der Waals surface area (Å²) in [6, 6.07) is 4.41. The van der Waals surface area contributed by atoms with E-state index in [-0.39, 0.29) is 24.5 Å². The van der Waals surface area contributed by atoms with Crippen LogP contribution in [-0.4, -0.2) is 37.9 Å². The average molecular weight is 254 g/mol. The third-order valence-corrected chi connectivity index (χ3v) is 2.17. The summed E-state index contributed by atoms with van der Waals surface area (Å²) in [5.41, 5.74) is 0.611. The van der Waals surface area contributed by atoms with Crippen LogP contribution in [0.3, 0.4) is 0 Å². The molecule has 1 N–H and O–H groups in total. The lowest BCUT2D eigenvalue weighted by Gasteiger charge is -2.08. The molecule has 6 nitrogen and oxygen atoms in total. The molecule has 0 radical (unpaired) electrons. The normalized spacial score (nSPS) is 9.67. The lowest BCUT2D eigenvalue weighted by Crippen LogP contribution is -2.13. The molecule has 1 aromatic carbocycles. The SMILES string of the molecule is COC(=O)COc1cc(CC(=O)OC)ccc1O. The van der Waals surface area contributed by atoms with E-state index in [2.05, 4.69) is 9.47 Å². The van der Waals surface area contributed by atoms with E-state index in [1.165, 1.54) is 26.4 Å². The molecular weight excluding hydrogens is 240 g/mol. The first-order chi connectivity index (χ1) is 8.56. The van der Waals surface area contributed by atoms with Gasteiger partial charge in [0.25, 0.3) is 0 Å². The van der Waals surface area contributed by atoms with Crippen molar-refractivity contribution < 1.29 is 28.9 Å². The molecule has 0 aliphatic rings. The third-order valence-electron chi connectivity index (χ3n) is 2.17. The number of hydrogen-bond acceptors (Lipinski definition) is 6. The second-order valence-corrected chi connectivity index (χ2v) is 3.42. The summed E-state index contributed by atoms with van der Waals surface area (Å²) in [5.74, 6) is -0.971. The fraction of sp³-hybridized carbons (Fsp3) is 0.333. The number of phenolic OH excluding ortho intramolecular Hbond substituents is 1. The Balaban J connectivity index is 2.74. The predicted molar refractivity (Wildman–Crippen MR) is 61.3 cm³/mol. The van der Waals surface area contributed by atoms with Gasteiger partial charge >= 0.3 is 11.9 Å². The van der Waals surface area contributed by atoms with Crippen molar-refractivity contribution in [3.8, 4) is 11.5 Å². The minimum atomic E-state index is -0.562. The second-order valence-electron chi connectivity index (χ2n) is 3.42. The Labute approximate surface area is 104 Å². The van der Waals surface area contributed by atoms with Crippen LogP contribution in [0.2, 0.25) is 0 Å². The first-order valence-corrected chi connectivity index (χ1v) is 5.15. The van der Waals surface area contributed by atoms with Crippen LogP contribution in [0.25, 0.3) is 0 Å². The van der Waals surface area contributed by atoms with Crippen LogP contribution in [0.5, 0.6) is 11.5 Å². The van der Waals surface area contributed by atoms with Gasteiger partial charge in [-0.05, 0) is 17.7 Å². The Bertz CT molecular complexity index is 440. The van der Waals surface area contributed by atoms with Crippen molar-refractivity contribution in [2.24, 2.45) is 0 Å². The van der Waals surface area contributed by atoms with Crippen molar-refractivity contribution in [3.05, 3.63) is 23.8 Å². The van der Waals surface area contributed by atoms with Crippen LogP contribution in [0, 0.1) is 0 Å². The Kier molecular flexibility index (Phi) is 4.98. The van der Waals surface area contributed by atoms with E-state index in [1.54, 1.807) is 6.07 Å². The Morgan fingerprint density at radius 1 is 1.17 bits per heavy atom. The van der Waals surface area contributed by atoms with Crippen molar-refractivity contribution in [2.45, 2.75) is 6.42 Å². The van der Waals surface area contributed by atoms with Crippen molar-refractivity contribution in [3.63, 3.8) is 0 Å². The Morgan fingerprint density at radius 3 is 2.44 bits per heavy atom. The first kappa shape index (κ1) is 13.8. The van der Waals surface area contributed by atoms with Crippen LogP contribution >= 0.6 is 0 Å². The van der Waals surface area contributed by atoms with Crippen LogP contribution in [0.4, 0.5) is 0 Å². The number of carbonyl (C=O) groups excluding carboxylic acids is 2. The van der Waals surface area contributed by atoms with E-state index in [9.17, 15) is 14.7 Å². The van der Waals surface area contributed by atoms with Crippen molar-refractivity contribution in [1.82, 2.24) is 0 Å². The lowest BCUT2D eigenvalue weighted by molar-refractivity contribution is -0.143. The molecule has 0 saturated heterocycles. The highest BCUT2D eigenvalue weighted by Crippen LogP contribution is 2.27. The number of benzene rings is 1. The van der Waals surface area contributed by atoms with Gasteiger partial charge in [-0.2, -0.15) is 0 Å². The zero-order chi connectivity index (χ0) is 13.5.